The number of hydrogen-bond donors (Lipinski definition) is 1. The number of carbonyl (C=O) groups is 2. The molecule has 7 nitrogen and oxygen atoms in total. The van der Waals surface area contributed by atoms with Gasteiger partial charge in [0.05, 0.1) is 10.5 Å². The Morgan fingerprint density at radius 3 is 2.26 bits per heavy atom. The van der Waals surface area contributed by atoms with Gasteiger partial charge in [-0.3, -0.25) is 4.79 Å². The van der Waals surface area contributed by atoms with E-state index in [1.807, 2.05) is 20.8 Å². The standard InChI is InChI=1S/C19H28N2O5S/c1-4-19(2,3)20-17(22)14-26-18(23)15-8-10-16(11-9-15)27(24,25)21-12-6-5-7-13-21/h8-11H,4-7,12-14H2,1-3H3,(H,20,22). The van der Waals surface area contributed by atoms with Crippen molar-refractivity contribution in [2.24, 2.45) is 0 Å². The van der Waals surface area contributed by atoms with E-state index in [1.54, 1.807) is 0 Å². The molecule has 1 saturated heterocycles. The van der Waals surface area contributed by atoms with Gasteiger partial charge in [-0.25, -0.2) is 13.2 Å². The first kappa shape index (κ1) is 21.4. The number of sulfonamides is 1. The minimum atomic E-state index is -3.54. The van der Waals surface area contributed by atoms with Gasteiger partial charge in [0.2, 0.25) is 10.0 Å². The molecule has 1 N–H and O–H groups in total. The first-order valence-corrected chi connectivity index (χ1v) is 10.7. The topological polar surface area (TPSA) is 92.8 Å². The quantitative estimate of drug-likeness (QED) is 0.714. The van der Waals surface area contributed by atoms with Crippen molar-refractivity contribution in [3.63, 3.8) is 0 Å². The average Bonchev–Trinajstić information content (AvgIpc) is 2.66. The lowest BCUT2D eigenvalue weighted by atomic mass is 10.0. The molecule has 0 radical (unpaired) electrons. The summed E-state index contributed by atoms with van der Waals surface area (Å²) in [5.41, 5.74) is -0.163. The number of nitrogens with one attached hydrogen (secondary N) is 1. The zero-order valence-electron chi connectivity index (χ0n) is 16.2. The van der Waals surface area contributed by atoms with E-state index >= 15 is 0 Å². The second-order valence-electron chi connectivity index (χ2n) is 7.35. The summed E-state index contributed by atoms with van der Waals surface area (Å²) in [7, 11) is -3.54. The molecule has 1 aliphatic heterocycles. The van der Waals surface area contributed by atoms with Crippen molar-refractivity contribution >= 4 is 21.9 Å². The molecule has 0 spiro atoms. The number of hydrogen-bond acceptors (Lipinski definition) is 5. The second kappa shape index (κ2) is 8.84. The van der Waals surface area contributed by atoms with E-state index in [9.17, 15) is 18.0 Å². The highest BCUT2D eigenvalue weighted by Crippen LogP contribution is 2.21. The van der Waals surface area contributed by atoms with Crippen LogP contribution in [0.25, 0.3) is 0 Å². The van der Waals surface area contributed by atoms with Crippen molar-refractivity contribution in [1.82, 2.24) is 9.62 Å². The number of amides is 1. The van der Waals surface area contributed by atoms with Crippen molar-refractivity contribution < 1.29 is 22.7 Å². The average molecular weight is 397 g/mol. The summed E-state index contributed by atoms with van der Waals surface area (Å²) in [6, 6.07) is 5.63. The molecule has 1 fully saturated rings. The van der Waals surface area contributed by atoms with Gasteiger partial charge < -0.3 is 10.1 Å². The molecule has 2 rings (SSSR count). The molecule has 150 valence electrons. The van der Waals surface area contributed by atoms with Crippen LogP contribution in [-0.2, 0) is 19.6 Å². The maximum absolute atomic E-state index is 12.6. The SMILES string of the molecule is CCC(C)(C)NC(=O)COC(=O)c1ccc(S(=O)(=O)N2CCCCC2)cc1. The van der Waals surface area contributed by atoms with Crippen molar-refractivity contribution in [3.8, 4) is 0 Å². The van der Waals surface area contributed by atoms with E-state index in [4.69, 9.17) is 4.74 Å². The molecule has 27 heavy (non-hydrogen) atoms. The fourth-order valence-electron chi connectivity index (χ4n) is 2.73. The van der Waals surface area contributed by atoms with Gasteiger partial charge in [0, 0.05) is 18.6 Å². The van der Waals surface area contributed by atoms with Crippen molar-refractivity contribution in [1.29, 1.82) is 0 Å². The van der Waals surface area contributed by atoms with Crippen LogP contribution < -0.4 is 5.32 Å². The molecule has 0 aromatic heterocycles. The zero-order valence-corrected chi connectivity index (χ0v) is 17.0. The molecule has 0 atom stereocenters. The number of carbonyl (C=O) groups excluding carboxylic acids is 2. The van der Waals surface area contributed by atoms with E-state index in [1.165, 1.54) is 28.6 Å². The van der Waals surface area contributed by atoms with Crippen LogP contribution in [-0.4, -0.2) is 49.8 Å². The molecule has 1 aromatic carbocycles. The molecule has 0 unspecified atom stereocenters. The fourth-order valence-corrected chi connectivity index (χ4v) is 4.25. The lowest BCUT2D eigenvalue weighted by Crippen LogP contribution is -2.44. The molecule has 1 aliphatic rings. The van der Waals surface area contributed by atoms with E-state index < -0.39 is 16.0 Å². The Labute approximate surface area is 161 Å². The van der Waals surface area contributed by atoms with Crippen molar-refractivity contribution in [2.45, 2.75) is 56.9 Å². The highest BCUT2D eigenvalue weighted by atomic mass is 32.2. The molecular formula is C19H28N2O5S. The van der Waals surface area contributed by atoms with E-state index in [0.717, 1.165) is 25.7 Å². The summed E-state index contributed by atoms with van der Waals surface area (Å²) < 4.78 is 31.7. The van der Waals surface area contributed by atoms with Gasteiger partial charge in [-0.1, -0.05) is 13.3 Å². The lowest BCUT2D eigenvalue weighted by Gasteiger charge is -2.25. The first-order chi connectivity index (χ1) is 12.7. The van der Waals surface area contributed by atoms with Crippen LogP contribution in [0.15, 0.2) is 29.2 Å². The molecule has 0 aliphatic carbocycles. The maximum atomic E-state index is 12.6. The largest absolute Gasteiger partial charge is 0.452 e. The van der Waals surface area contributed by atoms with Crippen LogP contribution >= 0.6 is 0 Å². The number of ether oxygens (including phenoxy) is 1. The van der Waals surface area contributed by atoms with Crippen molar-refractivity contribution in [2.75, 3.05) is 19.7 Å². The summed E-state index contributed by atoms with van der Waals surface area (Å²) in [5.74, 6) is -1.04. The molecule has 1 heterocycles. The molecule has 1 amide bonds. The van der Waals surface area contributed by atoms with Gasteiger partial charge in [0.1, 0.15) is 0 Å². The number of rotatable bonds is 7. The fraction of sp³-hybridized carbons (Fsp3) is 0.579. The Hall–Kier alpha value is -1.93. The van der Waals surface area contributed by atoms with Crippen LogP contribution in [0.2, 0.25) is 0 Å². The van der Waals surface area contributed by atoms with Gasteiger partial charge >= 0.3 is 5.97 Å². The predicted molar refractivity (Wildman–Crippen MR) is 102 cm³/mol. The molecule has 8 heteroatoms. The monoisotopic (exact) mass is 396 g/mol. The predicted octanol–water partition coefficient (Wildman–Crippen LogP) is 2.32. The summed E-state index contributed by atoms with van der Waals surface area (Å²) in [6.45, 7) is 6.38. The van der Waals surface area contributed by atoms with Crippen molar-refractivity contribution in [3.05, 3.63) is 29.8 Å². The number of esters is 1. The Bertz CT molecular complexity index is 766. The summed E-state index contributed by atoms with van der Waals surface area (Å²) in [5, 5.41) is 2.78. The van der Waals surface area contributed by atoms with Gasteiger partial charge in [0.25, 0.3) is 5.91 Å². The van der Waals surface area contributed by atoms with Crippen LogP contribution in [0.5, 0.6) is 0 Å². The van der Waals surface area contributed by atoms with Crippen LogP contribution in [0.4, 0.5) is 0 Å². The highest BCUT2D eigenvalue weighted by molar-refractivity contribution is 7.89. The Kier molecular flexibility index (Phi) is 7.00. The normalized spacial score (nSPS) is 16.0. The third kappa shape index (κ3) is 5.77. The van der Waals surface area contributed by atoms with Crippen LogP contribution in [0.3, 0.4) is 0 Å². The minimum absolute atomic E-state index is 0.156. The van der Waals surface area contributed by atoms with E-state index in [-0.39, 0.29) is 28.5 Å². The van der Waals surface area contributed by atoms with Gasteiger partial charge in [-0.15, -0.1) is 0 Å². The molecular weight excluding hydrogens is 368 g/mol. The third-order valence-corrected chi connectivity index (χ3v) is 6.65. The van der Waals surface area contributed by atoms with Crippen LogP contribution in [0, 0.1) is 0 Å². The Balaban J connectivity index is 1.96. The van der Waals surface area contributed by atoms with E-state index in [0.29, 0.717) is 13.1 Å². The van der Waals surface area contributed by atoms with E-state index in [2.05, 4.69) is 5.32 Å². The van der Waals surface area contributed by atoms with Gasteiger partial charge in [-0.05, 0) is 57.4 Å². The molecule has 1 aromatic rings. The third-order valence-electron chi connectivity index (χ3n) is 4.74. The maximum Gasteiger partial charge on any atom is 0.338 e. The highest BCUT2D eigenvalue weighted by Gasteiger charge is 2.26. The Morgan fingerprint density at radius 1 is 1.11 bits per heavy atom. The molecule has 0 bridgehead atoms. The minimum Gasteiger partial charge on any atom is -0.452 e. The zero-order chi connectivity index (χ0) is 20.1. The first-order valence-electron chi connectivity index (χ1n) is 9.24. The summed E-state index contributed by atoms with van der Waals surface area (Å²) >= 11 is 0. The van der Waals surface area contributed by atoms with Gasteiger partial charge in [0.15, 0.2) is 6.61 Å². The Morgan fingerprint density at radius 2 is 1.70 bits per heavy atom. The summed E-state index contributed by atoms with van der Waals surface area (Å²) in [4.78, 5) is 24.1. The lowest BCUT2D eigenvalue weighted by molar-refractivity contribution is -0.125. The second-order valence-corrected chi connectivity index (χ2v) is 9.29. The number of benzene rings is 1. The number of nitrogens with zero attached hydrogens (tertiary/aromatic N) is 1. The molecule has 0 saturated carbocycles. The van der Waals surface area contributed by atoms with Gasteiger partial charge in [-0.2, -0.15) is 4.31 Å². The smallest absolute Gasteiger partial charge is 0.338 e. The van der Waals surface area contributed by atoms with Crippen LogP contribution in [0.1, 0.15) is 56.8 Å². The summed E-state index contributed by atoms with van der Waals surface area (Å²) in [6.07, 6.45) is 3.51. The number of piperidine rings is 1.